The second kappa shape index (κ2) is 5.65. The summed E-state index contributed by atoms with van der Waals surface area (Å²) in [6, 6.07) is 5.38. The summed E-state index contributed by atoms with van der Waals surface area (Å²) in [4.78, 5) is 11.2. The number of hydrogen-bond acceptors (Lipinski definition) is 3. The summed E-state index contributed by atoms with van der Waals surface area (Å²) in [5.41, 5.74) is 0.682. The van der Waals surface area contributed by atoms with Gasteiger partial charge in [0.05, 0.1) is 10.6 Å². The highest BCUT2D eigenvalue weighted by Crippen LogP contribution is 2.27. The topological polar surface area (TPSA) is 35.5 Å². The van der Waals surface area contributed by atoms with Gasteiger partial charge in [0.1, 0.15) is 12.4 Å². The van der Waals surface area contributed by atoms with Crippen LogP contribution in [-0.2, 0) is 4.74 Å². The highest BCUT2D eigenvalue weighted by atomic mass is 79.9. The van der Waals surface area contributed by atoms with Gasteiger partial charge in [-0.1, -0.05) is 0 Å². The standard InChI is InChI=1S/C13H15BrO3/c1-9(15)10-4-5-13(12(14)7-10)17-8-11-3-2-6-16-11/h4-5,7,11H,2-3,6,8H2,1H3. The molecule has 1 aliphatic heterocycles. The van der Waals surface area contributed by atoms with Crippen LogP contribution in [0.3, 0.4) is 0 Å². The molecule has 0 spiro atoms. The van der Waals surface area contributed by atoms with Gasteiger partial charge in [-0.2, -0.15) is 0 Å². The molecule has 1 atom stereocenters. The third-order valence-corrected chi connectivity index (χ3v) is 3.41. The molecule has 0 saturated carbocycles. The smallest absolute Gasteiger partial charge is 0.159 e. The van der Waals surface area contributed by atoms with Crippen molar-refractivity contribution >= 4 is 21.7 Å². The van der Waals surface area contributed by atoms with E-state index in [2.05, 4.69) is 15.9 Å². The molecule has 0 amide bonds. The third-order valence-electron chi connectivity index (χ3n) is 2.79. The molecule has 1 heterocycles. The maximum absolute atomic E-state index is 11.2. The van der Waals surface area contributed by atoms with Crippen molar-refractivity contribution in [3.63, 3.8) is 0 Å². The molecular formula is C13H15BrO3. The molecule has 1 unspecified atom stereocenters. The van der Waals surface area contributed by atoms with Gasteiger partial charge < -0.3 is 9.47 Å². The summed E-state index contributed by atoms with van der Waals surface area (Å²) in [7, 11) is 0. The zero-order chi connectivity index (χ0) is 12.3. The van der Waals surface area contributed by atoms with Crippen LogP contribution in [0.15, 0.2) is 22.7 Å². The Balaban J connectivity index is 1.98. The van der Waals surface area contributed by atoms with Crippen molar-refractivity contribution < 1.29 is 14.3 Å². The first-order valence-electron chi connectivity index (χ1n) is 5.71. The molecule has 3 nitrogen and oxygen atoms in total. The van der Waals surface area contributed by atoms with E-state index >= 15 is 0 Å². The van der Waals surface area contributed by atoms with Crippen molar-refractivity contribution in [3.8, 4) is 5.75 Å². The minimum Gasteiger partial charge on any atom is -0.490 e. The lowest BCUT2D eigenvalue weighted by Crippen LogP contribution is -2.16. The molecule has 17 heavy (non-hydrogen) atoms. The van der Waals surface area contributed by atoms with Crippen LogP contribution in [0.1, 0.15) is 30.1 Å². The average molecular weight is 299 g/mol. The minimum absolute atomic E-state index is 0.0522. The van der Waals surface area contributed by atoms with Crippen LogP contribution < -0.4 is 4.74 Å². The molecule has 92 valence electrons. The second-order valence-corrected chi connectivity index (χ2v) is 5.00. The van der Waals surface area contributed by atoms with E-state index in [0.717, 1.165) is 29.7 Å². The molecule has 0 aromatic heterocycles. The van der Waals surface area contributed by atoms with Crippen LogP contribution in [-0.4, -0.2) is 25.1 Å². The molecule has 0 bridgehead atoms. The average Bonchev–Trinajstić information content (AvgIpc) is 2.80. The number of carbonyl (C=O) groups is 1. The molecule has 1 fully saturated rings. The summed E-state index contributed by atoms with van der Waals surface area (Å²) in [6.45, 7) is 2.95. The van der Waals surface area contributed by atoms with Crippen LogP contribution in [0.4, 0.5) is 0 Å². The Labute approximate surface area is 109 Å². The van der Waals surface area contributed by atoms with Gasteiger partial charge in [-0.05, 0) is 53.9 Å². The lowest BCUT2D eigenvalue weighted by Gasteiger charge is -2.13. The Morgan fingerprint density at radius 2 is 2.41 bits per heavy atom. The quantitative estimate of drug-likeness (QED) is 0.801. The van der Waals surface area contributed by atoms with Crippen molar-refractivity contribution in [2.75, 3.05) is 13.2 Å². The zero-order valence-corrected chi connectivity index (χ0v) is 11.3. The molecule has 4 heteroatoms. The van der Waals surface area contributed by atoms with E-state index in [4.69, 9.17) is 9.47 Å². The predicted octanol–water partition coefficient (Wildman–Crippen LogP) is 3.21. The molecule has 0 radical (unpaired) electrons. The van der Waals surface area contributed by atoms with E-state index < -0.39 is 0 Å². The van der Waals surface area contributed by atoms with E-state index in [1.165, 1.54) is 0 Å². The highest BCUT2D eigenvalue weighted by molar-refractivity contribution is 9.10. The van der Waals surface area contributed by atoms with Gasteiger partial charge in [-0.3, -0.25) is 4.79 Å². The van der Waals surface area contributed by atoms with E-state index in [9.17, 15) is 4.79 Å². The molecular weight excluding hydrogens is 284 g/mol. The normalized spacial score (nSPS) is 19.3. The van der Waals surface area contributed by atoms with Crippen LogP contribution in [0.25, 0.3) is 0 Å². The Hall–Kier alpha value is -0.870. The lowest BCUT2D eigenvalue weighted by molar-refractivity contribution is 0.0677. The van der Waals surface area contributed by atoms with Crippen molar-refractivity contribution in [2.24, 2.45) is 0 Å². The fourth-order valence-corrected chi connectivity index (χ4v) is 2.29. The summed E-state index contributed by atoms with van der Waals surface area (Å²) < 4.78 is 12.0. The number of halogens is 1. The number of Topliss-reactive ketones (excluding diaryl/α,β-unsaturated/α-hetero) is 1. The van der Waals surface area contributed by atoms with Gasteiger partial charge in [-0.25, -0.2) is 0 Å². The monoisotopic (exact) mass is 298 g/mol. The maximum Gasteiger partial charge on any atom is 0.159 e. The lowest BCUT2D eigenvalue weighted by atomic mass is 10.1. The minimum atomic E-state index is 0.0522. The van der Waals surface area contributed by atoms with Crippen molar-refractivity contribution in [1.29, 1.82) is 0 Å². The van der Waals surface area contributed by atoms with Gasteiger partial charge in [0.2, 0.25) is 0 Å². The van der Waals surface area contributed by atoms with Crippen molar-refractivity contribution in [1.82, 2.24) is 0 Å². The van der Waals surface area contributed by atoms with Crippen molar-refractivity contribution in [3.05, 3.63) is 28.2 Å². The van der Waals surface area contributed by atoms with E-state index in [1.54, 1.807) is 19.1 Å². The molecule has 1 saturated heterocycles. The largest absolute Gasteiger partial charge is 0.490 e. The summed E-state index contributed by atoms with van der Waals surface area (Å²) in [6.07, 6.45) is 2.37. The molecule has 1 aromatic rings. The molecule has 1 aliphatic rings. The van der Waals surface area contributed by atoms with Crippen LogP contribution >= 0.6 is 15.9 Å². The Morgan fingerprint density at radius 3 is 3.00 bits per heavy atom. The van der Waals surface area contributed by atoms with E-state index in [0.29, 0.717) is 12.2 Å². The number of ketones is 1. The molecule has 2 rings (SSSR count). The Morgan fingerprint density at radius 1 is 1.59 bits per heavy atom. The highest BCUT2D eigenvalue weighted by Gasteiger charge is 2.16. The Bertz CT molecular complexity index is 411. The number of rotatable bonds is 4. The first-order valence-corrected chi connectivity index (χ1v) is 6.51. The zero-order valence-electron chi connectivity index (χ0n) is 9.74. The molecule has 0 aliphatic carbocycles. The fraction of sp³-hybridized carbons (Fsp3) is 0.462. The maximum atomic E-state index is 11.2. The number of carbonyl (C=O) groups excluding carboxylic acids is 1. The van der Waals surface area contributed by atoms with Gasteiger partial charge >= 0.3 is 0 Å². The van der Waals surface area contributed by atoms with Crippen LogP contribution in [0.2, 0.25) is 0 Å². The third kappa shape index (κ3) is 3.30. The van der Waals surface area contributed by atoms with E-state index in [1.807, 2.05) is 6.07 Å². The predicted molar refractivity (Wildman–Crippen MR) is 68.6 cm³/mol. The van der Waals surface area contributed by atoms with Gasteiger partial charge in [0, 0.05) is 12.2 Å². The summed E-state index contributed by atoms with van der Waals surface area (Å²) >= 11 is 3.41. The molecule has 0 N–H and O–H groups in total. The van der Waals surface area contributed by atoms with Crippen LogP contribution in [0.5, 0.6) is 5.75 Å². The van der Waals surface area contributed by atoms with Crippen LogP contribution in [0, 0.1) is 0 Å². The number of benzene rings is 1. The number of ether oxygens (including phenoxy) is 2. The van der Waals surface area contributed by atoms with Crippen molar-refractivity contribution in [2.45, 2.75) is 25.9 Å². The fourth-order valence-electron chi connectivity index (χ4n) is 1.80. The van der Waals surface area contributed by atoms with Gasteiger partial charge in [0.25, 0.3) is 0 Å². The number of hydrogen-bond donors (Lipinski definition) is 0. The van der Waals surface area contributed by atoms with E-state index in [-0.39, 0.29) is 11.9 Å². The summed E-state index contributed by atoms with van der Waals surface area (Å²) in [5, 5.41) is 0. The molecule has 1 aromatic carbocycles. The first kappa shape index (κ1) is 12.6. The Kier molecular flexibility index (Phi) is 4.18. The second-order valence-electron chi connectivity index (χ2n) is 4.15. The van der Waals surface area contributed by atoms with Gasteiger partial charge in [0.15, 0.2) is 5.78 Å². The SMILES string of the molecule is CC(=O)c1ccc(OCC2CCCO2)c(Br)c1. The summed E-state index contributed by atoms with van der Waals surface area (Å²) in [5.74, 6) is 0.807. The first-order chi connectivity index (χ1) is 8.16. The van der Waals surface area contributed by atoms with Gasteiger partial charge in [-0.15, -0.1) is 0 Å².